The van der Waals surface area contributed by atoms with Crippen molar-refractivity contribution < 1.29 is 9.90 Å². The van der Waals surface area contributed by atoms with Crippen LogP contribution in [0.4, 0.5) is 0 Å². The van der Waals surface area contributed by atoms with Gasteiger partial charge in [0.2, 0.25) is 5.91 Å². The van der Waals surface area contributed by atoms with E-state index in [2.05, 4.69) is 10.5 Å². The molecule has 1 aromatic carbocycles. The van der Waals surface area contributed by atoms with E-state index in [0.29, 0.717) is 12.0 Å². The van der Waals surface area contributed by atoms with Gasteiger partial charge in [-0.15, -0.1) is 0 Å². The van der Waals surface area contributed by atoms with Gasteiger partial charge in [0.1, 0.15) is 5.75 Å². The van der Waals surface area contributed by atoms with Crippen LogP contribution in [0.1, 0.15) is 31.7 Å². The summed E-state index contributed by atoms with van der Waals surface area (Å²) in [6, 6.07) is 6.81. The Hall–Kier alpha value is -1.84. The van der Waals surface area contributed by atoms with Crippen molar-refractivity contribution in [3.05, 3.63) is 29.8 Å². The van der Waals surface area contributed by atoms with Crippen LogP contribution in [0.5, 0.6) is 5.75 Å². The van der Waals surface area contributed by atoms with Crippen LogP contribution < -0.4 is 5.43 Å². The Labute approximate surface area is 95.0 Å². The van der Waals surface area contributed by atoms with Crippen LogP contribution >= 0.6 is 0 Å². The van der Waals surface area contributed by atoms with Gasteiger partial charge in [-0.05, 0) is 18.6 Å². The van der Waals surface area contributed by atoms with Crippen molar-refractivity contribution in [2.75, 3.05) is 0 Å². The van der Waals surface area contributed by atoms with E-state index in [-0.39, 0.29) is 11.7 Å². The topological polar surface area (TPSA) is 61.7 Å². The lowest BCUT2D eigenvalue weighted by Gasteiger charge is -1.99. The minimum Gasteiger partial charge on any atom is -0.507 e. The van der Waals surface area contributed by atoms with E-state index in [4.69, 9.17) is 0 Å². The first-order chi connectivity index (χ1) is 7.74. The molecular weight excluding hydrogens is 204 g/mol. The van der Waals surface area contributed by atoms with Crippen LogP contribution in [-0.4, -0.2) is 17.2 Å². The molecule has 0 heterocycles. The molecule has 1 rings (SSSR count). The smallest absolute Gasteiger partial charge is 0.240 e. The van der Waals surface area contributed by atoms with Crippen LogP contribution in [0.25, 0.3) is 0 Å². The lowest BCUT2D eigenvalue weighted by Crippen LogP contribution is -2.16. The molecular formula is C12H16N2O2. The molecule has 16 heavy (non-hydrogen) atoms. The largest absolute Gasteiger partial charge is 0.507 e. The highest BCUT2D eigenvalue weighted by atomic mass is 16.3. The molecule has 0 aliphatic carbocycles. The maximum atomic E-state index is 11.2. The van der Waals surface area contributed by atoms with Crippen molar-refractivity contribution in [3.8, 4) is 5.75 Å². The van der Waals surface area contributed by atoms with Crippen molar-refractivity contribution in [1.82, 2.24) is 5.43 Å². The van der Waals surface area contributed by atoms with Crippen LogP contribution in [0.2, 0.25) is 0 Å². The average Bonchev–Trinajstić information content (AvgIpc) is 2.29. The van der Waals surface area contributed by atoms with Gasteiger partial charge in [-0.2, -0.15) is 5.10 Å². The van der Waals surface area contributed by atoms with E-state index in [1.807, 2.05) is 6.92 Å². The zero-order chi connectivity index (χ0) is 11.8. The number of nitrogens with one attached hydrogen (secondary N) is 1. The van der Waals surface area contributed by atoms with Gasteiger partial charge in [-0.3, -0.25) is 4.79 Å². The van der Waals surface area contributed by atoms with Gasteiger partial charge in [0.25, 0.3) is 0 Å². The number of unbranched alkanes of at least 4 members (excludes halogenated alkanes) is 1. The molecule has 1 aromatic rings. The molecule has 1 amide bonds. The van der Waals surface area contributed by atoms with Crippen LogP contribution in [-0.2, 0) is 4.79 Å². The molecule has 0 fully saturated rings. The fourth-order valence-electron chi connectivity index (χ4n) is 1.16. The maximum Gasteiger partial charge on any atom is 0.240 e. The number of para-hydroxylation sites is 1. The molecule has 0 spiro atoms. The molecule has 0 radical (unpaired) electrons. The minimum atomic E-state index is -0.103. The summed E-state index contributed by atoms with van der Waals surface area (Å²) in [5, 5.41) is 13.2. The summed E-state index contributed by atoms with van der Waals surface area (Å²) in [5.74, 6) is 0.0441. The summed E-state index contributed by atoms with van der Waals surface area (Å²) in [6.45, 7) is 2.03. The highest BCUT2D eigenvalue weighted by molar-refractivity contribution is 5.84. The van der Waals surface area contributed by atoms with Crippen molar-refractivity contribution in [1.29, 1.82) is 0 Å². The second kappa shape index (κ2) is 6.61. The van der Waals surface area contributed by atoms with Gasteiger partial charge in [0.05, 0.1) is 6.21 Å². The number of hydrazone groups is 1. The molecule has 4 nitrogen and oxygen atoms in total. The Morgan fingerprint density at radius 1 is 1.50 bits per heavy atom. The van der Waals surface area contributed by atoms with Gasteiger partial charge in [0.15, 0.2) is 0 Å². The average molecular weight is 220 g/mol. The molecule has 86 valence electrons. The number of amides is 1. The summed E-state index contributed by atoms with van der Waals surface area (Å²) in [5.41, 5.74) is 2.99. The monoisotopic (exact) mass is 220 g/mol. The Kier molecular flexibility index (Phi) is 5.05. The number of carbonyl (C=O) groups is 1. The molecule has 2 N–H and O–H groups in total. The third kappa shape index (κ3) is 4.13. The molecule has 0 saturated carbocycles. The standard InChI is InChI=1S/C12H16N2O2/c1-2-3-8-12(16)14-13-9-10-6-4-5-7-11(10)15/h4-7,9,15H,2-3,8H2,1H3,(H,14,16). The lowest BCUT2D eigenvalue weighted by molar-refractivity contribution is -0.121. The van der Waals surface area contributed by atoms with Gasteiger partial charge in [0, 0.05) is 12.0 Å². The number of phenols is 1. The third-order valence-corrected chi connectivity index (χ3v) is 2.09. The Bertz CT molecular complexity index is 375. The van der Waals surface area contributed by atoms with Gasteiger partial charge >= 0.3 is 0 Å². The zero-order valence-electron chi connectivity index (χ0n) is 9.31. The first-order valence-corrected chi connectivity index (χ1v) is 5.34. The Balaban J connectivity index is 2.43. The highest BCUT2D eigenvalue weighted by Crippen LogP contribution is 2.12. The lowest BCUT2D eigenvalue weighted by atomic mass is 10.2. The Morgan fingerprint density at radius 2 is 2.25 bits per heavy atom. The normalized spacial score (nSPS) is 10.6. The molecule has 0 saturated heterocycles. The predicted octanol–water partition coefficient (Wildman–Crippen LogP) is 2.03. The quantitative estimate of drug-likeness (QED) is 0.589. The fraction of sp³-hybridized carbons (Fsp3) is 0.333. The predicted molar refractivity (Wildman–Crippen MR) is 63.4 cm³/mol. The SMILES string of the molecule is CCCCC(=O)NN=Cc1ccccc1O. The third-order valence-electron chi connectivity index (χ3n) is 2.09. The second-order valence-electron chi connectivity index (χ2n) is 3.46. The molecule has 0 aliphatic heterocycles. The molecule has 0 aliphatic rings. The molecule has 0 bridgehead atoms. The zero-order valence-corrected chi connectivity index (χ0v) is 9.31. The van der Waals surface area contributed by atoms with Crippen LogP contribution in [0.15, 0.2) is 29.4 Å². The van der Waals surface area contributed by atoms with Crippen molar-refractivity contribution in [3.63, 3.8) is 0 Å². The second-order valence-corrected chi connectivity index (χ2v) is 3.46. The van der Waals surface area contributed by atoms with E-state index >= 15 is 0 Å². The number of hydrogen-bond acceptors (Lipinski definition) is 3. The summed E-state index contributed by atoms with van der Waals surface area (Å²) >= 11 is 0. The number of carbonyl (C=O) groups excluding carboxylic acids is 1. The van der Waals surface area contributed by atoms with E-state index in [0.717, 1.165) is 12.8 Å². The number of nitrogens with zero attached hydrogens (tertiary/aromatic N) is 1. The summed E-state index contributed by atoms with van der Waals surface area (Å²) in [4.78, 5) is 11.2. The summed E-state index contributed by atoms with van der Waals surface area (Å²) in [7, 11) is 0. The highest BCUT2D eigenvalue weighted by Gasteiger charge is 1.98. The van der Waals surface area contributed by atoms with Crippen LogP contribution in [0, 0.1) is 0 Å². The van der Waals surface area contributed by atoms with Crippen molar-refractivity contribution in [2.45, 2.75) is 26.2 Å². The first kappa shape index (κ1) is 12.2. The first-order valence-electron chi connectivity index (χ1n) is 5.34. The van der Waals surface area contributed by atoms with Gasteiger partial charge in [-0.25, -0.2) is 5.43 Å². The Morgan fingerprint density at radius 3 is 2.94 bits per heavy atom. The number of rotatable bonds is 5. The molecule has 4 heteroatoms. The molecule has 0 atom stereocenters. The van der Waals surface area contributed by atoms with Crippen molar-refractivity contribution in [2.24, 2.45) is 5.10 Å². The summed E-state index contributed by atoms with van der Waals surface area (Å²) < 4.78 is 0. The van der Waals surface area contributed by atoms with E-state index in [1.165, 1.54) is 6.21 Å². The van der Waals surface area contributed by atoms with Gasteiger partial charge < -0.3 is 5.11 Å². The number of phenolic OH excluding ortho intramolecular Hbond substituents is 1. The minimum absolute atomic E-state index is 0.103. The summed E-state index contributed by atoms with van der Waals surface area (Å²) in [6.07, 6.45) is 3.75. The molecule has 0 aromatic heterocycles. The van der Waals surface area contributed by atoms with E-state index < -0.39 is 0 Å². The number of hydrogen-bond donors (Lipinski definition) is 2. The van der Waals surface area contributed by atoms with Crippen molar-refractivity contribution >= 4 is 12.1 Å². The number of benzene rings is 1. The number of aromatic hydroxyl groups is 1. The maximum absolute atomic E-state index is 11.2. The van der Waals surface area contributed by atoms with E-state index in [1.54, 1.807) is 24.3 Å². The van der Waals surface area contributed by atoms with Crippen LogP contribution in [0.3, 0.4) is 0 Å². The fourth-order valence-corrected chi connectivity index (χ4v) is 1.16. The molecule has 0 unspecified atom stereocenters. The van der Waals surface area contributed by atoms with E-state index in [9.17, 15) is 9.90 Å². The van der Waals surface area contributed by atoms with Gasteiger partial charge in [-0.1, -0.05) is 25.5 Å².